The third-order valence-corrected chi connectivity index (χ3v) is 8.27. The number of imidazole rings is 2. The molecule has 0 saturated carbocycles. The van der Waals surface area contributed by atoms with E-state index in [9.17, 15) is 19.2 Å². The molecule has 0 spiro atoms. The largest absolute Gasteiger partial charge is 0.453 e. The number of aromatic amines is 2. The van der Waals surface area contributed by atoms with Crippen LogP contribution in [0.3, 0.4) is 0 Å². The van der Waals surface area contributed by atoms with Crippen LogP contribution in [0.5, 0.6) is 0 Å². The number of carbonyl (C=O) groups is 4. The molecule has 1 aliphatic carbocycles. The molecule has 4 amide bonds. The highest BCUT2D eigenvalue weighted by Gasteiger charge is 2.22. The molecule has 49 heavy (non-hydrogen) atoms. The van der Waals surface area contributed by atoms with Gasteiger partial charge in [-0.3, -0.25) is 9.59 Å². The van der Waals surface area contributed by atoms with Crippen LogP contribution in [0.15, 0.2) is 48.8 Å². The fourth-order valence-corrected chi connectivity index (χ4v) is 5.87. The maximum atomic E-state index is 12.7. The molecule has 0 fully saturated rings. The number of hydrogen-bond acceptors (Lipinski definition) is 8. The van der Waals surface area contributed by atoms with Crippen molar-refractivity contribution in [3.05, 3.63) is 71.6 Å². The summed E-state index contributed by atoms with van der Waals surface area (Å²) in [7, 11) is 2.51. The van der Waals surface area contributed by atoms with Gasteiger partial charge in [-0.25, -0.2) is 19.6 Å². The van der Waals surface area contributed by atoms with Crippen molar-refractivity contribution in [3.63, 3.8) is 0 Å². The van der Waals surface area contributed by atoms with Gasteiger partial charge in [0.05, 0.1) is 51.1 Å². The van der Waals surface area contributed by atoms with Crippen molar-refractivity contribution in [1.82, 2.24) is 40.4 Å². The van der Waals surface area contributed by atoms with Crippen LogP contribution in [0.2, 0.25) is 0 Å². The first-order valence-electron chi connectivity index (χ1n) is 16.3. The molecule has 14 nitrogen and oxygen atoms in total. The number of fused-ring (bicyclic) bond motifs is 3. The molecule has 0 bridgehead atoms. The molecular formula is C35H42N8O6. The van der Waals surface area contributed by atoms with E-state index < -0.39 is 12.2 Å². The molecule has 4 aromatic rings. The Bertz CT molecular complexity index is 1690. The zero-order valence-corrected chi connectivity index (χ0v) is 28.2. The van der Waals surface area contributed by atoms with Crippen LogP contribution in [0.25, 0.3) is 33.6 Å². The van der Waals surface area contributed by atoms with Crippen molar-refractivity contribution in [2.45, 2.75) is 46.2 Å². The number of nitrogens with zero attached hydrogens (tertiary/aromatic N) is 4. The lowest BCUT2D eigenvalue weighted by Gasteiger charge is -2.21. The third-order valence-electron chi connectivity index (χ3n) is 8.27. The van der Waals surface area contributed by atoms with Crippen molar-refractivity contribution in [2.24, 2.45) is 0 Å². The number of amides is 4. The Morgan fingerprint density at radius 3 is 1.53 bits per heavy atom. The number of H-pyrrole nitrogens is 2. The van der Waals surface area contributed by atoms with Crippen LogP contribution < -0.4 is 10.6 Å². The molecule has 2 heterocycles. The maximum Gasteiger partial charge on any atom is 0.407 e. The minimum atomic E-state index is -0.650. The summed E-state index contributed by atoms with van der Waals surface area (Å²) < 4.78 is 9.13. The van der Waals surface area contributed by atoms with Gasteiger partial charge in [-0.1, -0.05) is 38.1 Å². The first-order chi connectivity index (χ1) is 23.7. The monoisotopic (exact) mass is 670 g/mol. The van der Waals surface area contributed by atoms with Gasteiger partial charge >= 0.3 is 12.2 Å². The number of ether oxygens (including phenoxy) is 2. The summed E-state index contributed by atoms with van der Waals surface area (Å²) in [5, 5.41) is 4.88. The molecule has 0 saturated heterocycles. The number of carbonyl (C=O) groups excluding carboxylic acids is 4. The number of rotatable bonds is 14. The quantitative estimate of drug-likeness (QED) is 0.136. The Kier molecular flexibility index (Phi) is 11.3. The summed E-state index contributed by atoms with van der Waals surface area (Å²) in [5.41, 5.74) is 8.48. The number of hydrogen-bond donors (Lipinski definition) is 4. The standard InChI is InChI=1S/C35H42N8O6/c1-5-11-42(32(44)18-38-34(46)48-3)20-30-36-16-28(40-30)22-7-9-26-24(13-22)15-25-14-23(8-10-27(25)26)29-17-37-31(41-29)21-43(12-6-2)33(45)19-39-35(47)49-4/h7-10,13-14,16-17H,5-6,11-12,15,18-21H2,1-4H3,(H,36,40)(H,37,41)(H,38,46)(H,39,47). The Morgan fingerprint density at radius 2 is 1.14 bits per heavy atom. The fourth-order valence-electron chi connectivity index (χ4n) is 5.87. The fraction of sp³-hybridized carbons (Fsp3) is 0.371. The van der Waals surface area contributed by atoms with Gasteiger partial charge in [0.1, 0.15) is 24.7 Å². The van der Waals surface area contributed by atoms with E-state index in [-0.39, 0.29) is 24.9 Å². The molecule has 0 unspecified atom stereocenters. The van der Waals surface area contributed by atoms with Crippen molar-refractivity contribution < 1.29 is 28.7 Å². The van der Waals surface area contributed by atoms with E-state index in [1.807, 2.05) is 13.8 Å². The van der Waals surface area contributed by atoms with Gasteiger partial charge in [0.15, 0.2) is 0 Å². The van der Waals surface area contributed by atoms with E-state index >= 15 is 0 Å². The molecule has 4 N–H and O–H groups in total. The molecule has 14 heteroatoms. The van der Waals surface area contributed by atoms with E-state index in [1.54, 1.807) is 22.2 Å². The Hall–Kier alpha value is -5.66. The normalized spacial score (nSPS) is 11.3. The van der Waals surface area contributed by atoms with Crippen LogP contribution in [0, 0.1) is 0 Å². The van der Waals surface area contributed by atoms with Crippen LogP contribution in [0.1, 0.15) is 49.5 Å². The van der Waals surface area contributed by atoms with E-state index in [4.69, 9.17) is 0 Å². The second-order valence-corrected chi connectivity index (χ2v) is 11.7. The number of nitrogens with one attached hydrogen (secondary N) is 4. The molecule has 0 atom stereocenters. The predicted molar refractivity (Wildman–Crippen MR) is 182 cm³/mol. The topological polar surface area (TPSA) is 175 Å². The summed E-state index contributed by atoms with van der Waals surface area (Å²) in [6.45, 7) is 5.33. The average Bonchev–Trinajstić information content (AvgIpc) is 3.87. The molecule has 5 rings (SSSR count). The Balaban J connectivity index is 1.24. The third kappa shape index (κ3) is 8.44. The zero-order chi connectivity index (χ0) is 34.9. The first kappa shape index (κ1) is 34.7. The smallest absolute Gasteiger partial charge is 0.407 e. The second-order valence-electron chi connectivity index (χ2n) is 11.7. The first-order valence-corrected chi connectivity index (χ1v) is 16.3. The SMILES string of the molecule is CCCN(Cc1ncc(-c2ccc3c(c2)Cc2cc(-c4cnc(CN(CCC)C(=O)CNC(=O)OC)[nH]4)ccc2-3)[nH]1)C(=O)CNC(=O)OC. The highest BCUT2D eigenvalue weighted by Crippen LogP contribution is 2.40. The predicted octanol–water partition coefficient (Wildman–Crippen LogP) is 4.23. The van der Waals surface area contributed by atoms with Crippen LogP contribution in [-0.2, 0) is 38.6 Å². The summed E-state index contributed by atoms with van der Waals surface area (Å²) >= 11 is 0. The molecule has 2 aromatic heterocycles. The molecule has 258 valence electrons. The van der Waals surface area contributed by atoms with Gasteiger partial charge in [-0.15, -0.1) is 0 Å². The lowest BCUT2D eigenvalue weighted by atomic mass is 10.0. The zero-order valence-electron chi connectivity index (χ0n) is 28.2. The number of aromatic nitrogens is 4. The van der Waals surface area contributed by atoms with Crippen molar-refractivity contribution in [3.8, 4) is 33.6 Å². The van der Waals surface area contributed by atoms with Gasteiger partial charge in [0.2, 0.25) is 11.8 Å². The highest BCUT2D eigenvalue weighted by atomic mass is 16.5. The number of methoxy groups -OCH3 is 2. The summed E-state index contributed by atoms with van der Waals surface area (Å²) in [5.74, 6) is 0.874. The summed E-state index contributed by atoms with van der Waals surface area (Å²) in [6, 6.07) is 12.7. The highest BCUT2D eigenvalue weighted by molar-refractivity contribution is 5.84. The number of alkyl carbamates (subject to hydrolysis) is 2. The van der Waals surface area contributed by atoms with Crippen LogP contribution >= 0.6 is 0 Å². The second kappa shape index (κ2) is 16.0. The van der Waals surface area contributed by atoms with E-state index in [1.165, 1.54) is 36.5 Å². The summed E-state index contributed by atoms with van der Waals surface area (Å²) in [4.78, 5) is 67.3. The van der Waals surface area contributed by atoms with E-state index in [0.29, 0.717) is 37.8 Å². The number of benzene rings is 2. The van der Waals surface area contributed by atoms with Crippen molar-refractivity contribution in [2.75, 3.05) is 40.4 Å². The Labute approximate surface area is 284 Å². The van der Waals surface area contributed by atoms with Gasteiger partial charge < -0.3 is 39.9 Å². The van der Waals surface area contributed by atoms with Gasteiger partial charge in [-0.05, 0) is 64.8 Å². The molecule has 0 aliphatic heterocycles. The molecular weight excluding hydrogens is 628 g/mol. The average molecular weight is 671 g/mol. The lowest BCUT2D eigenvalue weighted by Crippen LogP contribution is -2.40. The van der Waals surface area contributed by atoms with E-state index in [2.05, 4.69) is 76.4 Å². The maximum absolute atomic E-state index is 12.7. The van der Waals surface area contributed by atoms with Crippen molar-refractivity contribution >= 4 is 24.0 Å². The molecule has 2 aromatic carbocycles. The molecule has 0 radical (unpaired) electrons. The Morgan fingerprint density at radius 1 is 0.714 bits per heavy atom. The van der Waals surface area contributed by atoms with Crippen molar-refractivity contribution in [1.29, 1.82) is 0 Å². The summed E-state index contributed by atoms with van der Waals surface area (Å²) in [6.07, 6.45) is 4.56. The van der Waals surface area contributed by atoms with Crippen LogP contribution in [-0.4, -0.2) is 94.1 Å². The van der Waals surface area contributed by atoms with Gasteiger partial charge in [0, 0.05) is 13.1 Å². The molecule has 1 aliphatic rings. The van der Waals surface area contributed by atoms with Gasteiger partial charge in [0.25, 0.3) is 0 Å². The lowest BCUT2D eigenvalue weighted by molar-refractivity contribution is -0.131. The van der Waals surface area contributed by atoms with E-state index in [0.717, 1.165) is 41.8 Å². The minimum absolute atomic E-state index is 0.148. The van der Waals surface area contributed by atoms with Crippen LogP contribution in [0.4, 0.5) is 9.59 Å². The van der Waals surface area contributed by atoms with Gasteiger partial charge in [-0.2, -0.15) is 0 Å². The minimum Gasteiger partial charge on any atom is -0.453 e.